The summed E-state index contributed by atoms with van der Waals surface area (Å²) < 4.78 is 18.9. The molecular weight excluding hydrogens is 315 g/mol. The fourth-order valence-electron chi connectivity index (χ4n) is 1.92. The van der Waals surface area contributed by atoms with Crippen molar-refractivity contribution in [2.45, 2.75) is 12.5 Å². The molecule has 1 unspecified atom stereocenters. The Morgan fingerprint density at radius 3 is 2.95 bits per heavy atom. The van der Waals surface area contributed by atoms with E-state index in [4.69, 9.17) is 22.8 Å². The van der Waals surface area contributed by atoms with Gasteiger partial charge in [-0.1, -0.05) is 17.5 Å². The number of aliphatic hydroxyl groups is 1. The molecule has 0 aliphatic carbocycles. The molecule has 1 atom stereocenters. The second-order valence-corrected chi connectivity index (χ2v) is 4.95. The maximum Gasteiger partial charge on any atom is 0.328 e. The zero-order valence-electron chi connectivity index (χ0n) is 11.3. The molecule has 1 aliphatic heterocycles. The lowest BCUT2D eigenvalue weighted by Crippen LogP contribution is -2.36. The minimum atomic E-state index is -0.914. The number of hydrogen-bond acceptors (Lipinski definition) is 4. The molecule has 0 saturated carbocycles. The first-order chi connectivity index (χ1) is 10.4. The topological polar surface area (TPSA) is 78.9 Å². The molecule has 1 fully saturated rings. The summed E-state index contributed by atoms with van der Waals surface area (Å²) in [6.07, 6.45) is 4.00. The first-order valence-corrected chi connectivity index (χ1v) is 6.65. The Bertz CT molecular complexity index is 659. The number of benzene rings is 1. The second-order valence-electron chi connectivity index (χ2n) is 4.55. The van der Waals surface area contributed by atoms with Crippen molar-refractivity contribution in [3.63, 3.8) is 0 Å². The Labute approximate surface area is 130 Å². The summed E-state index contributed by atoms with van der Waals surface area (Å²) >= 11 is 5.80. The molecule has 6 nitrogen and oxygen atoms in total. The molecule has 1 aliphatic rings. The maximum absolute atomic E-state index is 13.8. The molecule has 0 radical (unpaired) electrons. The van der Waals surface area contributed by atoms with Gasteiger partial charge in [-0.05, 0) is 6.07 Å². The lowest BCUT2D eigenvalue weighted by atomic mass is 10.3. The number of β-amino-alcohol motifs (C(OH)–C–C–N with tert-alkyl or cyclic N) is 1. The van der Waals surface area contributed by atoms with Crippen molar-refractivity contribution in [3.05, 3.63) is 23.0 Å². The van der Waals surface area contributed by atoms with Crippen molar-refractivity contribution in [3.8, 4) is 18.1 Å². The summed E-state index contributed by atoms with van der Waals surface area (Å²) in [6, 6.07) is 1.29. The molecule has 1 aromatic carbocycles. The Morgan fingerprint density at radius 1 is 1.64 bits per heavy atom. The van der Waals surface area contributed by atoms with E-state index in [0.29, 0.717) is 0 Å². The summed E-state index contributed by atoms with van der Waals surface area (Å²) in [4.78, 5) is 24.3. The Hall–Kier alpha value is -2.30. The van der Waals surface area contributed by atoms with Crippen LogP contribution in [-0.4, -0.2) is 41.2 Å². The SMILES string of the molecule is C#CCOc1cc(NC(=O)N2CC(O)CC2=O)c(F)cc1Cl. The van der Waals surface area contributed by atoms with Gasteiger partial charge >= 0.3 is 6.03 Å². The zero-order valence-corrected chi connectivity index (χ0v) is 12.1. The average Bonchev–Trinajstić information content (AvgIpc) is 2.79. The third kappa shape index (κ3) is 3.47. The molecule has 1 aromatic rings. The standard InChI is InChI=1S/C14H12ClFN2O4/c1-2-3-22-12-6-11(10(16)5-9(12)15)17-14(21)18-7-8(19)4-13(18)20/h1,5-6,8,19H,3-4,7H2,(H,17,21). The highest BCUT2D eigenvalue weighted by atomic mass is 35.5. The molecule has 1 heterocycles. The number of imide groups is 1. The van der Waals surface area contributed by atoms with Gasteiger partial charge in [0, 0.05) is 6.07 Å². The van der Waals surface area contributed by atoms with E-state index < -0.39 is 23.9 Å². The van der Waals surface area contributed by atoms with E-state index in [1.54, 1.807) is 0 Å². The molecule has 8 heteroatoms. The van der Waals surface area contributed by atoms with Gasteiger partial charge in [0.05, 0.1) is 29.8 Å². The van der Waals surface area contributed by atoms with E-state index in [2.05, 4.69) is 11.2 Å². The van der Waals surface area contributed by atoms with Crippen molar-refractivity contribution in [2.24, 2.45) is 0 Å². The molecule has 0 bridgehead atoms. The first-order valence-electron chi connectivity index (χ1n) is 6.27. The fraction of sp³-hybridized carbons (Fsp3) is 0.286. The van der Waals surface area contributed by atoms with Crippen LogP contribution in [0.25, 0.3) is 0 Å². The molecule has 0 aromatic heterocycles. The lowest BCUT2D eigenvalue weighted by molar-refractivity contribution is -0.125. The fourth-order valence-corrected chi connectivity index (χ4v) is 2.13. The van der Waals surface area contributed by atoms with Gasteiger partial charge < -0.3 is 15.2 Å². The molecule has 0 spiro atoms. The number of hydrogen-bond donors (Lipinski definition) is 2. The van der Waals surface area contributed by atoms with Gasteiger partial charge in [-0.3, -0.25) is 9.69 Å². The lowest BCUT2D eigenvalue weighted by Gasteiger charge is -2.16. The van der Waals surface area contributed by atoms with Crippen molar-refractivity contribution in [1.29, 1.82) is 0 Å². The number of likely N-dealkylation sites (tertiary alicyclic amines) is 1. The highest BCUT2D eigenvalue weighted by Crippen LogP contribution is 2.30. The number of nitrogens with one attached hydrogen (secondary N) is 1. The number of nitrogens with zero attached hydrogens (tertiary/aromatic N) is 1. The van der Waals surface area contributed by atoms with Crippen molar-refractivity contribution in [1.82, 2.24) is 4.90 Å². The number of anilines is 1. The normalized spacial score (nSPS) is 17.3. The van der Waals surface area contributed by atoms with Crippen LogP contribution in [0.3, 0.4) is 0 Å². The zero-order chi connectivity index (χ0) is 16.3. The van der Waals surface area contributed by atoms with Gasteiger partial charge in [0.2, 0.25) is 5.91 Å². The minimum absolute atomic E-state index is 0.00146. The number of amides is 3. The van der Waals surface area contributed by atoms with Gasteiger partial charge in [-0.2, -0.15) is 0 Å². The first kappa shape index (κ1) is 16.1. The second kappa shape index (κ2) is 6.64. The minimum Gasteiger partial charge on any atom is -0.479 e. The number of rotatable bonds is 3. The molecule has 22 heavy (non-hydrogen) atoms. The number of terminal acetylenes is 1. The van der Waals surface area contributed by atoms with Crippen molar-refractivity contribution >= 4 is 29.2 Å². The van der Waals surface area contributed by atoms with Crippen molar-refractivity contribution < 1.29 is 23.8 Å². The van der Waals surface area contributed by atoms with Crippen LogP contribution in [0.15, 0.2) is 12.1 Å². The van der Waals surface area contributed by atoms with Crippen molar-refractivity contribution in [2.75, 3.05) is 18.5 Å². The highest BCUT2D eigenvalue weighted by Gasteiger charge is 2.33. The van der Waals surface area contributed by atoms with Crippen LogP contribution in [0.2, 0.25) is 5.02 Å². The Morgan fingerprint density at radius 2 is 2.36 bits per heavy atom. The highest BCUT2D eigenvalue weighted by molar-refractivity contribution is 6.32. The summed E-state index contributed by atoms with van der Waals surface area (Å²) in [5, 5.41) is 11.6. The van der Waals surface area contributed by atoms with E-state index in [1.807, 2.05) is 0 Å². The maximum atomic E-state index is 13.8. The third-order valence-corrected chi connectivity index (χ3v) is 3.22. The largest absolute Gasteiger partial charge is 0.479 e. The summed E-state index contributed by atoms with van der Waals surface area (Å²) in [6.45, 7) is -0.212. The van der Waals surface area contributed by atoms with E-state index >= 15 is 0 Å². The van der Waals surface area contributed by atoms with Crippen LogP contribution < -0.4 is 10.1 Å². The van der Waals surface area contributed by atoms with Gasteiger partial charge in [-0.25, -0.2) is 9.18 Å². The van der Waals surface area contributed by atoms with E-state index in [-0.39, 0.29) is 36.0 Å². The summed E-state index contributed by atoms with van der Waals surface area (Å²) in [5.41, 5.74) is -0.212. The number of urea groups is 1. The van der Waals surface area contributed by atoms with Crippen LogP contribution in [0.4, 0.5) is 14.9 Å². The predicted molar refractivity (Wildman–Crippen MR) is 77.1 cm³/mol. The van der Waals surface area contributed by atoms with E-state index in [9.17, 15) is 19.1 Å². The van der Waals surface area contributed by atoms with Crippen LogP contribution in [0.5, 0.6) is 5.75 Å². The quantitative estimate of drug-likeness (QED) is 0.827. The molecule has 3 amide bonds. The number of halogens is 2. The average molecular weight is 327 g/mol. The van der Waals surface area contributed by atoms with Crippen LogP contribution in [0, 0.1) is 18.2 Å². The van der Waals surface area contributed by atoms with Gasteiger partial charge in [0.25, 0.3) is 0 Å². The molecule has 2 rings (SSSR count). The van der Waals surface area contributed by atoms with E-state index in [0.717, 1.165) is 11.0 Å². The number of ether oxygens (including phenoxy) is 1. The monoisotopic (exact) mass is 326 g/mol. The predicted octanol–water partition coefficient (Wildman–Crippen LogP) is 1.62. The Kier molecular flexibility index (Phi) is 4.85. The van der Waals surface area contributed by atoms with Crippen LogP contribution in [-0.2, 0) is 4.79 Å². The number of carbonyl (C=O) groups is 2. The summed E-state index contributed by atoms with van der Waals surface area (Å²) in [5.74, 6) is 1.00. The number of aliphatic hydroxyl groups excluding tert-OH is 1. The smallest absolute Gasteiger partial charge is 0.328 e. The van der Waals surface area contributed by atoms with Gasteiger partial charge in [0.15, 0.2) is 0 Å². The van der Waals surface area contributed by atoms with Crippen LogP contribution in [0.1, 0.15) is 6.42 Å². The Balaban J connectivity index is 2.17. The van der Waals surface area contributed by atoms with Gasteiger partial charge in [-0.15, -0.1) is 6.42 Å². The molecule has 2 N–H and O–H groups in total. The molecule has 1 saturated heterocycles. The van der Waals surface area contributed by atoms with Crippen LogP contribution >= 0.6 is 11.6 Å². The summed E-state index contributed by atoms with van der Waals surface area (Å²) in [7, 11) is 0. The molecule has 116 valence electrons. The third-order valence-electron chi connectivity index (χ3n) is 2.92. The molecular formula is C14H12ClFN2O4. The van der Waals surface area contributed by atoms with Gasteiger partial charge in [0.1, 0.15) is 18.2 Å². The van der Waals surface area contributed by atoms with E-state index in [1.165, 1.54) is 6.07 Å². The number of carbonyl (C=O) groups excluding carboxylic acids is 2.